The molecule has 27 heavy (non-hydrogen) atoms. The predicted molar refractivity (Wildman–Crippen MR) is 105 cm³/mol. The van der Waals surface area contributed by atoms with Gasteiger partial charge in [0, 0.05) is 30.8 Å². The molecular formula is C20H22N2O4S. The Morgan fingerprint density at radius 1 is 1.07 bits per heavy atom. The van der Waals surface area contributed by atoms with E-state index in [0.717, 1.165) is 17.7 Å². The predicted octanol–water partition coefficient (Wildman–Crippen LogP) is 2.92. The Labute approximate surface area is 159 Å². The SMILES string of the molecule is Cc1ccc(S(=O)(=O)CCC(=O)Nc2ccc(N3CCCC3=O)cc2)cc1. The van der Waals surface area contributed by atoms with Gasteiger partial charge in [0.25, 0.3) is 0 Å². The molecule has 1 N–H and O–H groups in total. The molecule has 0 spiro atoms. The first-order chi connectivity index (χ1) is 12.8. The number of amides is 2. The average molecular weight is 386 g/mol. The highest BCUT2D eigenvalue weighted by atomic mass is 32.2. The zero-order valence-electron chi connectivity index (χ0n) is 15.1. The average Bonchev–Trinajstić information content (AvgIpc) is 3.07. The summed E-state index contributed by atoms with van der Waals surface area (Å²) >= 11 is 0. The molecule has 0 radical (unpaired) electrons. The summed E-state index contributed by atoms with van der Waals surface area (Å²) in [5.74, 6) is -0.508. The van der Waals surface area contributed by atoms with E-state index in [1.807, 2.05) is 6.92 Å². The zero-order valence-corrected chi connectivity index (χ0v) is 16.0. The van der Waals surface area contributed by atoms with Crippen molar-refractivity contribution in [3.8, 4) is 0 Å². The van der Waals surface area contributed by atoms with Crippen molar-refractivity contribution < 1.29 is 18.0 Å². The normalized spacial score (nSPS) is 14.4. The fourth-order valence-corrected chi connectivity index (χ4v) is 4.20. The summed E-state index contributed by atoms with van der Waals surface area (Å²) in [5.41, 5.74) is 2.35. The first-order valence-electron chi connectivity index (χ1n) is 8.85. The molecule has 0 aliphatic carbocycles. The van der Waals surface area contributed by atoms with E-state index < -0.39 is 9.84 Å². The van der Waals surface area contributed by atoms with Crippen molar-refractivity contribution >= 4 is 33.0 Å². The third kappa shape index (κ3) is 4.74. The lowest BCUT2D eigenvalue weighted by Gasteiger charge is -2.16. The third-order valence-electron chi connectivity index (χ3n) is 4.51. The minimum atomic E-state index is -3.49. The van der Waals surface area contributed by atoms with Crippen LogP contribution in [0, 0.1) is 6.92 Å². The Hall–Kier alpha value is -2.67. The van der Waals surface area contributed by atoms with Crippen LogP contribution in [0.3, 0.4) is 0 Å². The van der Waals surface area contributed by atoms with Gasteiger partial charge in [-0.15, -0.1) is 0 Å². The van der Waals surface area contributed by atoms with E-state index in [-0.39, 0.29) is 28.9 Å². The number of hydrogen-bond donors (Lipinski definition) is 1. The standard InChI is InChI=1S/C20H22N2O4S/c1-15-4-10-18(11-5-15)27(25,26)14-12-19(23)21-16-6-8-17(9-7-16)22-13-2-3-20(22)24/h4-11H,2-3,12-14H2,1H3,(H,21,23). The van der Waals surface area contributed by atoms with Gasteiger partial charge in [-0.2, -0.15) is 0 Å². The second-order valence-electron chi connectivity index (χ2n) is 6.63. The van der Waals surface area contributed by atoms with Crippen molar-refractivity contribution in [2.45, 2.75) is 31.1 Å². The van der Waals surface area contributed by atoms with Crippen molar-refractivity contribution in [1.82, 2.24) is 0 Å². The van der Waals surface area contributed by atoms with Crippen LogP contribution in [0.4, 0.5) is 11.4 Å². The molecule has 2 aromatic carbocycles. The summed E-state index contributed by atoms with van der Waals surface area (Å²) in [5, 5.41) is 2.70. The quantitative estimate of drug-likeness (QED) is 0.827. The molecule has 0 bridgehead atoms. The minimum Gasteiger partial charge on any atom is -0.326 e. The molecule has 2 aromatic rings. The first kappa shape index (κ1) is 19.1. The Bertz CT molecular complexity index is 935. The van der Waals surface area contributed by atoms with Gasteiger partial charge in [-0.05, 0) is 49.7 Å². The van der Waals surface area contributed by atoms with E-state index in [9.17, 15) is 18.0 Å². The number of carbonyl (C=O) groups is 2. The molecular weight excluding hydrogens is 364 g/mol. The van der Waals surface area contributed by atoms with E-state index in [2.05, 4.69) is 5.32 Å². The largest absolute Gasteiger partial charge is 0.326 e. The maximum Gasteiger partial charge on any atom is 0.227 e. The molecule has 1 saturated heterocycles. The number of nitrogens with zero attached hydrogens (tertiary/aromatic N) is 1. The highest BCUT2D eigenvalue weighted by Gasteiger charge is 2.21. The summed E-state index contributed by atoms with van der Waals surface area (Å²) in [6, 6.07) is 13.6. The number of sulfone groups is 1. The number of aryl methyl sites for hydroxylation is 1. The van der Waals surface area contributed by atoms with Gasteiger partial charge in [-0.25, -0.2) is 8.42 Å². The monoisotopic (exact) mass is 386 g/mol. The third-order valence-corrected chi connectivity index (χ3v) is 6.25. The van der Waals surface area contributed by atoms with Crippen molar-refractivity contribution in [1.29, 1.82) is 0 Å². The molecule has 3 rings (SSSR count). The lowest BCUT2D eigenvalue weighted by atomic mass is 10.2. The Kier molecular flexibility index (Phi) is 5.60. The van der Waals surface area contributed by atoms with Crippen LogP contribution in [0.5, 0.6) is 0 Å². The van der Waals surface area contributed by atoms with Crippen LogP contribution in [0.1, 0.15) is 24.8 Å². The molecule has 1 heterocycles. The molecule has 0 unspecified atom stereocenters. The Morgan fingerprint density at radius 2 is 1.74 bits per heavy atom. The number of hydrogen-bond acceptors (Lipinski definition) is 4. The molecule has 1 fully saturated rings. The maximum atomic E-state index is 12.3. The summed E-state index contributed by atoms with van der Waals surface area (Å²) in [4.78, 5) is 25.8. The van der Waals surface area contributed by atoms with Gasteiger partial charge < -0.3 is 10.2 Å². The van der Waals surface area contributed by atoms with E-state index >= 15 is 0 Å². The van der Waals surface area contributed by atoms with Gasteiger partial charge in [-0.3, -0.25) is 9.59 Å². The van der Waals surface area contributed by atoms with Crippen molar-refractivity contribution in [3.63, 3.8) is 0 Å². The number of rotatable bonds is 6. The maximum absolute atomic E-state index is 12.3. The number of nitrogens with one attached hydrogen (secondary N) is 1. The molecule has 1 aliphatic heterocycles. The van der Waals surface area contributed by atoms with Gasteiger partial charge >= 0.3 is 0 Å². The number of benzene rings is 2. The van der Waals surface area contributed by atoms with Crippen LogP contribution in [-0.2, 0) is 19.4 Å². The summed E-state index contributed by atoms with van der Waals surface area (Å²) in [7, 11) is -3.49. The summed E-state index contributed by atoms with van der Waals surface area (Å²) < 4.78 is 24.6. The van der Waals surface area contributed by atoms with E-state index in [0.29, 0.717) is 18.7 Å². The lowest BCUT2D eigenvalue weighted by Crippen LogP contribution is -2.23. The topological polar surface area (TPSA) is 83.6 Å². The van der Waals surface area contributed by atoms with Gasteiger partial charge in [0.1, 0.15) is 0 Å². The molecule has 7 heteroatoms. The lowest BCUT2D eigenvalue weighted by molar-refractivity contribution is -0.117. The summed E-state index contributed by atoms with van der Waals surface area (Å²) in [6.45, 7) is 2.59. The number of carbonyl (C=O) groups excluding carboxylic acids is 2. The number of anilines is 2. The summed E-state index contributed by atoms with van der Waals surface area (Å²) in [6.07, 6.45) is 1.29. The van der Waals surface area contributed by atoms with Crippen LogP contribution in [0.15, 0.2) is 53.4 Å². The van der Waals surface area contributed by atoms with Gasteiger partial charge in [0.2, 0.25) is 11.8 Å². The first-order valence-corrected chi connectivity index (χ1v) is 10.5. The van der Waals surface area contributed by atoms with Crippen molar-refractivity contribution in [3.05, 3.63) is 54.1 Å². The van der Waals surface area contributed by atoms with E-state index in [4.69, 9.17) is 0 Å². The van der Waals surface area contributed by atoms with E-state index in [1.165, 1.54) is 0 Å². The van der Waals surface area contributed by atoms with Crippen LogP contribution in [-0.4, -0.2) is 32.5 Å². The Balaban J connectivity index is 1.56. The smallest absolute Gasteiger partial charge is 0.227 e. The molecule has 6 nitrogen and oxygen atoms in total. The van der Waals surface area contributed by atoms with Gasteiger partial charge in [-0.1, -0.05) is 17.7 Å². The molecule has 0 atom stereocenters. The second-order valence-corrected chi connectivity index (χ2v) is 8.74. The van der Waals surface area contributed by atoms with E-state index in [1.54, 1.807) is 53.4 Å². The van der Waals surface area contributed by atoms with Gasteiger partial charge in [0.15, 0.2) is 9.84 Å². The molecule has 2 amide bonds. The minimum absolute atomic E-state index is 0.105. The van der Waals surface area contributed by atoms with Crippen LogP contribution in [0.2, 0.25) is 0 Å². The zero-order chi connectivity index (χ0) is 19.4. The fraction of sp³-hybridized carbons (Fsp3) is 0.300. The fourth-order valence-electron chi connectivity index (χ4n) is 2.96. The molecule has 0 saturated carbocycles. The second kappa shape index (κ2) is 7.92. The molecule has 0 aromatic heterocycles. The Morgan fingerprint density at radius 3 is 2.33 bits per heavy atom. The van der Waals surface area contributed by atoms with Crippen LogP contribution in [0.25, 0.3) is 0 Å². The highest BCUT2D eigenvalue weighted by molar-refractivity contribution is 7.91. The van der Waals surface area contributed by atoms with Crippen LogP contribution < -0.4 is 10.2 Å². The highest BCUT2D eigenvalue weighted by Crippen LogP contribution is 2.23. The van der Waals surface area contributed by atoms with Crippen molar-refractivity contribution in [2.24, 2.45) is 0 Å². The van der Waals surface area contributed by atoms with Crippen LogP contribution >= 0.6 is 0 Å². The van der Waals surface area contributed by atoms with Gasteiger partial charge in [0.05, 0.1) is 10.6 Å². The molecule has 1 aliphatic rings. The van der Waals surface area contributed by atoms with Crippen molar-refractivity contribution in [2.75, 3.05) is 22.5 Å². The molecule has 142 valence electrons.